The highest BCUT2D eigenvalue weighted by molar-refractivity contribution is 6.41. The molecule has 0 saturated carbocycles. The number of aryl methyl sites for hydroxylation is 1. The van der Waals surface area contributed by atoms with Crippen molar-refractivity contribution < 1.29 is 32.6 Å². The fourth-order valence-electron chi connectivity index (χ4n) is 4.62. The number of aromatic nitrogens is 1. The maximum atomic E-state index is 13.5. The van der Waals surface area contributed by atoms with Crippen LogP contribution in [0.3, 0.4) is 0 Å². The molecule has 6 nitrogen and oxygen atoms in total. The van der Waals surface area contributed by atoms with E-state index in [0.717, 1.165) is 12.8 Å². The fraction of sp³-hybridized carbons (Fsp3) is 0.360. The zero-order chi connectivity index (χ0) is 26.2. The SMILES string of the molecule is Cn1c(C(=O)c2c(Cl)ccc(CN3CCC(CC(=O)O)CC3)c2Cl)cc2ccc(OC(F)(F)F)cc21. The molecule has 0 atom stereocenters. The van der Waals surface area contributed by atoms with Crippen LogP contribution in [0.1, 0.15) is 40.9 Å². The molecule has 11 heteroatoms. The predicted molar refractivity (Wildman–Crippen MR) is 130 cm³/mol. The minimum Gasteiger partial charge on any atom is -0.481 e. The molecule has 1 fully saturated rings. The smallest absolute Gasteiger partial charge is 0.481 e. The molecule has 0 unspecified atom stereocenters. The minimum absolute atomic E-state index is 0.120. The van der Waals surface area contributed by atoms with Crippen LogP contribution in [0.2, 0.25) is 10.0 Å². The Labute approximate surface area is 215 Å². The fourth-order valence-corrected chi connectivity index (χ4v) is 5.22. The molecule has 1 aliphatic heterocycles. The molecule has 2 aromatic carbocycles. The molecule has 1 saturated heterocycles. The lowest BCUT2D eigenvalue weighted by atomic mass is 9.93. The van der Waals surface area contributed by atoms with Crippen molar-refractivity contribution in [3.63, 3.8) is 0 Å². The highest BCUT2D eigenvalue weighted by Gasteiger charge is 2.31. The first-order valence-corrected chi connectivity index (χ1v) is 12.0. The normalized spacial score (nSPS) is 15.4. The number of benzene rings is 2. The number of hydrogen-bond acceptors (Lipinski definition) is 4. The quantitative estimate of drug-likeness (QED) is 0.354. The van der Waals surface area contributed by atoms with Crippen LogP contribution in [0.15, 0.2) is 36.4 Å². The van der Waals surface area contributed by atoms with Crippen molar-refractivity contribution in [3.05, 3.63) is 63.3 Å². The van der Waals surface area contributed by atoms with Crippen LogP contribution in [0.25, 0.3) is 10.9 Å². The van der Waals surface area contributed by atoms with Gasteiger partial charge in [0.15, 0.2) is 0 Å². The number of piperidine rings is 1. The molecule has 1 N–H and O–H groups in total. The molecule has 3 aromatic rings. The molecular weight excluding hydrogens is 520 g/mol. The van der Waals surface area contributed by atoms with Gasteiger partial charge in [-0.05, 0) is 61.7 Å². The van der Waals surface area contributed by atoms with Gasteiger partial charge in [-0.25, -0.2) is 0 Å². The molecule has 1 aliphatic rings. The van der Waals surface area contributed by atoms with Crippen LogP contribution in [0.5, 0.6) is 5.75 Å². The number of ketones is 1. The number of hydrogen-bond donors (Lipinski definition) is 1. The number of carbonyl (C=O) groups excluding carboxylic acids is 1. The van der Waals surface area contributed by atoms with Crippen LogP contribution in [0.4, 0.5) is 13.2 Å². The molecular formula is C25H23Cl2F3N2O4. The number of ether oxygens (including phenoxy) is 1. The van der Waals surface area contributed by atoms with Gasteiger partial charge < -0.3 is 14.4 Å². The number of carboxylic acid groups (broad SMARTS) is 1. The number of carboxylic acids is 1. The Hall–Kier alpha value is -2.75. The maximum absolute atomic E-state index is 13.5. The Morgan fingerprint density at radius 2 is 1.81 bits per heavy atom. The summed E-state index contributed by atoms with van der Waals surface area (Å²) in [6.07, 6.45) is -3.15. The summed E-state index contributed by atoms with van der Waals surface area (Å²) in [6, 6.07) is 8.78. The molecule has 0 radical (unpaired) electrons. The van der Waals surface area contributed by atoms with E-state index < -0.39 is 18.1 Å². The highest BCUT2D eigenvalue weighted by atomic mass is 35.5. The van der Waals surface area contributed by atoms with Crippen molar-refractivity contribution in [2.75, 3.05) is 13.1 Å². The second kappa shape index (κ2) is 10.3. The van der Waals surface area contributed by atoms with Crippen molar-refractivity contribution in [1.82, 2.24) is 9.47 Å². The summed E-state index contributed by atoms with van der Waals surface area (Å²) in [5.41, 5.74) is 1.42. The number of nitrogens with zero attached hydrogens (tertiary/aromatic N) is 2. The molecule has 36 heavy (non-hydrogen) atoms. The van der Waals surface area contributed by atoms with Crippen LogP contribution in [-0.2, 0) is 18.4 Å². The van der Waals surface area contributed by atoms with Gasteiger partial charge >= 0.3 is 12.3 Å². The van der Waals surface area contributed by atoms with E-state index >= 15 is 0 Å². The summed E-state index contributed by atoms with van der Waals surface area (Å²) in [6.45, 7) is 1.90. The molecule has 1 aromatic heterocycles. The number of likely N-dealkylation sites (tertiary alicyclic amines) is 1. The Morgan fingerprint density at radius 3 is 2.44 bits per heavy atom. The zero-order valence-corrected chi connectivity index (χ0v) is 20.8. The lowest BCUT2D eigenvalue weighted by Crippen LogP contribution is -2.34. The Kier molecular flexibility index (Phi) is 7.54. The van der Waals surface area contributed by atoms with Crippen molar-refractivity contribution in [2.24, 2.45) is 13.0 Å². The van der Waals surface area contributed by atoms with E-state index in [1.807, 2.05) is 0 Å². The van der Waals surface area contributed by atoms with E-state index in [1.165, 1.54) is 22.8 Å². The molecule has 0 amide bonds. The van der Waals surface area contributed by atoms with Crippen molar-refractivity contribution >= 4 is 45.9 Å². The lowest BCUT2D eigenvalue weighted by molar-refractivity contribution is -0.274. The van der Waals surface area contributed by atoms with Gasteiger partial charge in [-0.1, -0.05) is 29.3 Å². The van der Waals surface area contributed by atoms with Gasteiger partial charge in [0.1, 0.15) is 5.75 Å². The van der Waals surface area contributed by atoms with E-state index in [0.29, 0.717) is 36.1 Å². The molecule has 0 aliphatic carbocycles. The van der Waals surface area contributed by atoms with Gasteiger partial charge in [-0.2, -0.15) is 0 Å². The third-order valence-corrected chi connectivity index (χ3v) is 7.19. The van der Waals surface area contributed by atoms with Gasteiger partial charge in [0.2, 0.25) is 5.78 Å². The second-order valence-corrected chi connectivity index (χ2v) is 9.68. The van der Waals surface area contributed by atoms with Crippen LogP contribution in [0, 0.1) is 5.92 Å². The Balaban J connectivity index is 1.58. The number of carbonyl (C=O) groups is 2. The van der Waals surface area contributed by atoms with Crippen LogP contribution in [-0.4, -0.2) is 45.8 Å². The predicted octanol–water partition coefficient (Wildman–Crippen LogP) is 6.30. The minimum atomic E-state index is -4.83. The number of aliphatic carboxylic acids is 1. The van der Waals surface area contributed by atoms with E-state index in [4.69, 9.17) is 28.3 Å². The maximum Gasteiger partial charge on any atom is 0.573 e. The van der Waals surface area contributed by atoms with E-state index in [-0.39, 0.29) is 39.4 Å². The first kappa shape index (κ1) is 26.3. The summed E-state index contributed by atoms with van der Waals surface area (Å²) < 4.78 is 43.3. The Morgan fingerprint density at radius 1 is 1.11 bits per heavy atom. The first-order chi connectivity index (χ1) is 16.9. The summed E-state index contributed by atoms with van der Waals surface area (Å²) in [5, 5.41) is 9.94. The largest absolute Gasteiger partial charge is 0.573 e. The number of alkyl halides is 3. The zero-order valence-electron chi connectivity index (χ0n) is 19.2. The van der Waals surface area contributed by atoms with E-state index in [9.17, 15) is 22.8 Å². The average molecular weight is 543 g/mol. The van der Waals surface area contributed by atoms with Gasteiger partial charge in [-0.15, -0.1) is 13.2 Å². The van der Waals surface area contributed by atoms with E-state index in [1.54, 1.807) is 25.2 Å². The highest BCUT2D eigenvalue weighted by Crippen LogP contribution is 2.34. The second-order valence-electron chi connectivity index (χ2n) is 8.90. The van der Waals surface area contributed by atoms with Gasteiger partial charge in [0.25, 0.3) is 0 Å². The third kappa shape index (κ3) is 5.79. The van der Waals surface area contributed by atoms with Crippen molar-refractivity contribution in [3.8, 4) is 5.75 Å². The van der Waals surface area contributed by atoms with Gasteiger partial charge in [0.05, 0.1) is 26.8 Å². The summed E-state index contributed by atoms with van der Waals surface area (Å²) >= 11 is 13.0. The molecule has 192 valence electrons. The molecule has 0 bridgehead atoms. The van der Waals surface area contributed by atoms with Crippen LogP contribution < -0.4 is 4.74 Å². The number of halogens is 5. The molecule has 2 heterocycles. The monoisotopic (exact) mass is 542 g/mol. The summed E-state index contributed by atoms with van der Waals surface area (Å²) in [5.74, 6) is -1.50. The third-order valence-electron chi connectivity index (χ3n) is 6.45. The Bertz CT molecular complexity index is 1310. The van der Waals surface area contributed by atoms with Gasteiger partial charge in [-0.3, -0.25) is 14.5 Å². The summed E-state index contributed by atoms with van der Waals surface area (Å²) in [4.78, 5) is 26.6. The van der Waals surface area contributed by atoms with Crippen molar-refractivity contribution in [1.29, 1.82) is 0 Å². The molecule has 4 rings (SSSR count). The summed E-state index contributed by atoms with van der Waals surface area (Å²) in [7, 11) is 1.57. The van der Waals surface area contributed by atoms with Crippen LogP contribution >= 0.6 is 23.2 Å². The standard InChI is InChI=1S/C25H23Cl2F3N2O4/c1-31-19-12-17(36-25(28,29)30)4-2-15(19)11-20(31)24(35)22-18(26)5-3-16(23(22)27)13-32-8-6-14(7-9-32)10-21(33)34/h2-5,11-12,14H,6-10,13H2,1H3,(H,33,34). The van der Waals surface area contributed by atoms with Gasteiger partial charge in [0, 0.05) is 31.5 Å². The molecule has 0 spiro atoms. The lowest BCUT2D eigenvalue weighted by Gasteiger charge is -2.31. The topological polar surface area (TPSA) is 71.8 Å². The number of fused-ring (bicyclic) bond motifs is 1. The van der Waals surface area contributed by atoms with Crippen molar-refractivity contribution in [2.45, 2.75) is 32.2 Å². The van der Waals surface area contributed by atoms with E-state index in [2.05, 4.69) is 9.64 Å². The number of rotatable bonds is 7. The first-order valence-electron chi connectivity index (χ1n) is 11.2. The average Bonchev–Trinajstić information content (AvgIpc) is 3.11.